The highest BCUT2D eigenvalue weighted by atomic mass is 35.5. The first-order valence-electron chi connectivity index (χ1n) is 9.44. The van der Waals surface area contributed by atoms with E-state index >= 15 is 0 Å². The first-order chi connectivity index (χ1) is 13.9. The van der Waals surface area contributed by atoms with Crippen LogP contribution in [-0.2, 0) is 11.3 Å². The number of carbonyl (C=O) groups is 1. The van der Waals surface area contributed by atoms with Crippen molar-refractivity contribution in [1.29, 1.82) is 0 Å². The van der Waals surface area contributed by atoms with Crippen molar-refractivity contribution in [3.8, 4) is 17.1 Å². The van der Waals surface area contributed by atoms with Crippen LogP contribution in [0.5, 0.6) is 5.75 Å². The van der Waals surface area contributed by atoms with E-state index in [4.69, 9.17) is 20.9 Å². The molecule has 29 heavy (non-hydrogen) atoms. The second kappa shape index (κ2) is 9.09. The number of halogens is 1. The van der Waals surface area contributed by atoms with Crippen LogP contribution in [0.25, 0.3) is 11.4 Å². The van der Waals surface area contributed by atoms with Gasteiger partial charge in [0.05, 0.1) is 6.54 Å². The summed E-state index contributed by atoms with van der Waals surface area (Å²) in [5.41, 5.74) is 2.87. The lowest BCUT2D eigenvalue weighted by Gasteiger charge is -2.23. The van der Waals surface area contributed by atoms with E-state index in [2.05, 4.69) is 10.1 Å². The fourth-order valence-electron chi connectivity index (χ4n) is 2.86. The third kappa shape index (κ3) is 5.15. The van der Waals surface area contributed by atoms with Gasteiger partial charge >= 0.3 is 0 Å². The fourth-order valence-corrected chi connectivity index (χ4v) is 2.98. The molecule has 0 aliphatic carbocycles. The van der Waals surface area contributed by atoms with Crippen LogP contribution in [0, 0.1) is 13.8 Å². The lowest BCUT2D eigenvalue weighted by Crippen LogP contribution is -2.39. The molecule has 1 heterocycles. The van der Waals surface area contributed by atoms with E-state index < -0.39 is 6.10 Å². The highest BCUT2D eigenvalue weighted by Gasteiger charge is 2.24. The summed E-state index contributed by atoms with van der Waals surface area (Å²) in [6, 6.07) is 13.1. The summed E-state index contributed by atoms with van der Waals surface area (Å²) in [5.74, 6) is 1.39. The lowest BCUT2D eigenvalue weighted by molar-refractivity contribution is -0.138. The van der Waals surface area contributed by atoms with E-state index in [1.165, 1.54) is 0 Å². The molecule has 0 aliphatic heterocycles. The number of likely N-dealkylation sites (N-methyl/N-ethyl adjacent to an activating group) is 1. The van der Waals surface area contributed by atoms with E-state index in [1.54, 1.807) is 24.1 Å². The standard InChI is InChI=1S/C22H24ClN3O3/c1-5-18(28-19-12-14(2)6-7-15(19)3)22(27)26(4)13-20-24-21(25-29-20)16-8-10-17(23)11-9-16/h6-12,18H,5,13H2,1-4H3/t18-/m1/s1. The average Bonchev–Trinajstić information content (AvgIpc) is 3.17. The first kappa shape index (κ1) is 20.9. The Labute approximate surface area is 175 Å². The minimum atomic E-state index is -0.584. The Morgan fingerprint density at radius 1 is 1.21 bits per heavy atom. The Bertz CT molecular complexity index is 985. The largest absolute Gasteiger partial charge is 0.480 e. The molecule has 0 spiro atoms. The molecule has 0 aliphatic rings. The van der Waals surface area contributed by atoms with Crippen molar-refractivity contribution in [1.82, 2.24) is 15.0 Å². The third-order valence-electron chi connectivity index (χ3n) is 4.58. The van der Waals surface area contributed by atoms with Crippen LogP contribution in [0.1, 0.15) is 30.4 Å². The average molecular weight is 414 g/mol. The Morgan fingerprint density at radius 2 is 1.93 bits per heavy atom. The molecule has 1 aromatic heterocycles. The smallest absolute Gasteiger partial charge is 0.263 e. The van der Waals surface area contributed by atoms with Gasteiger partial charge in [-0.15, -0.1) is 0 Å². The first-order valence-corrected chi connectivity index (χ1v) is 9.82. The molecule has 0 radical (unpaired) electrons. The second-order valence-electron chi connectivity index (χ2n) is 7.00. The van der Waals surface area contributed by atoms with Gasteiger partial charge in [-0.1, -0.05) is 35.8 Å². The molecular weight excluding hydrogens is 390 g/mol. The molecule has 0 N–H and O–H groups in total. The molecule has 152 valence electrons. The summed E-state index contributed by atoms with van der Waals surface area (Å²) in [4.78, 5) is 18.8. The molecule has 1 atom stereocenters. The summed E-state index contributed by atoms with van der Waals surface area (Å²) in [6.45, 7) is 6.08. The van der Waals surface area contributed by atoms with Gasteiger partial charge in [0.2, 0.25) is 11.7 Å². The van der Waals surface area contributed by atoms with E-state index in [0.717, 1.165) is 22.4 Å². The lowest BCUT2D eigenvalue weighted by atomic mass is 10.1. The number of aryl methyl sites for hydroxylation is 2. The van der Waals surface area contributed by atoms with Crippen LogP contribution in [0.15, 0.2) is 47.0 Å². The summed E-state index contributed by atoms with van der Waals surface area (Å²) in [6.07, 6.45) is -0.0321. The number of amides is 1. The van der Waals surface area contributed by atoms with Crippen molar-refractivity contribution in [2.75, 3.05) is 7.05 Å². The number of hydrogen-bond donors (Lipinski definition) is 0. The monoisotopic (exact) mass is 413 g/mol. The van der Waals surface area contributed by atoms with Gasteiger partial charge in [0.1, 0.15) is 5.75 Å². The minimum absolute atomic E-state index is 0.139. The zero-order valence-electron chi connectivity index (χ0n) is 17.0. The van der Waals surface area contributed by atoms with Gasteiger partial charge in [-0.05, 0) is 61.7 Å². The zero-order valence-corrected chi connectivity index (χ0v) is 17.7. The van der Waals surface area contributed by atoms with Gasteiger partial charge in [-0.3, -0.25) is 4.79 Å². The number of nitrogens with zero attached hydrogens (tertiary/aromatic N) is 3. The number of ether oxygens (including phenoxy) is 1. The molecule has 3 aromatic rings. The Kier molecular flexibility index (Phi) is 6.54. The van der Waals surface area contributed by atoms with Crippen molar-refractivity contribution >= 4 is 17.5 Å². The maximum absolute atomic E-state index is 12.9. The molecule has 0 fully saturated rings. The number of aromatic nitrogens is 2. The Hall–Kier alpha value is -2.86. The molecule has 6 nitrogen and oxygen atoms in total. The van der Waals surface area contributed by atoms with Crippen molar-refractivity contribution < 1.29 is 14.1 Å². The molecule has 0 bridgehead atoms. The van der Waals surface area contributed by atoms with E-state index in [0.29, 0.717) is 23.2 Å². The molecule has 0 saturated carbocycles. The maximum Gasteiger partial charge on any atom is 0.263 e. The highest BCUT2D eigenvalue weighted by Crippen LogP contribution is 2.22. The topological polar surface area (TPSA) is 68.5 Å². The minimum Gasteiger partial charge on any atom is -0.480 e. The van der Waals surface area contributed by atoms with Crippen LogP contribution < -0.4 is 4.74 Å². The van der Waals surface area contributed by atoms with E-state index in [-0.39, 0.29) is 12.5 Å². The molecule has 7 heteroatoms. The molecule has 0 saturated heterocycles. The van der Waals surface area contributed by atoms with E-state index in [1.807, 2.05) is 51.1 Å². The summed E-state index contributed by atoms with van der Waals surface area (Å²) in [5, 5.41) is 4.62. The predicted octanol–water partition coefficient (Wildman–Crippen LogP) is 4.82. The van der Waals surface area contributed by atoms with Crippen molar-refractivity contribution in [3.05, 3.63) is 64.5 Å². The summed E-state index contributed by atoms with van der Waals surface area (Å²) in [7, 11) is 1.70. The summed E-state index contributed by atoms with van der Waals surface area (Å²) < 4.78 is 11.3. The zero-order chi connectivity index (χ0) is 21.0. The number of rotatable bonds is 7. The van der Waals surface area contributed by atoms with Crippen molar-refractivity contribution in [2.24, 2.45) is 0 Å². The van der Waals surface area contributed by atoms with Gasteiger partial charge in [-0.2, -0.15) is 4.98 Å². The second-order valence-corrected chi connectivity index (χ2v) is 7.43. The van der Waals surface area contributed by atoms with Gasteiger partial charge in [0, 0.05) is 17.6 Å². The SMILES string of the molecule is CC[C@@H](Oc1cc(C)ccc1C)C(=O)N(C)Cc1nc(-c2ccc(Cl)cc2)no1. The normalized spacial score (nSPS) is 11.9. The molecular formula is C22H24ClN3O3. The fraction of sp³-hybridized carbons (Fsp3) is 0.318. The van der Waals surface area contributed by atoms with Crippen LogP contribution in [0.3, 0.4) is 0 Å². The molecule has 3 rings (SSSR count). The number of carbonyl (C=O) groups excluding carboxylic acids is 1. The van der Waals surface area contributed by atoms with Crippen LogP contribution in [0.4, 0.5) is 0 Å². The number of hydrogen-bond acceptors (Lipinski definition) is 5. The van der Waals surface area contributed by atoms with Crippen molar-refractivity contribution in [2.45, 2.75) is 39.8 Å². The Morgan fingerprint density at radius 3 is 2.62 bits per heavy atom. The maximum atomic E-state index is 12.9. The van der Waals surface area contributed by atoms with Gasteiger partial charge in [0.15, 0.2) is 6.10 Å². The van der Waals surface area contributed by atoms with Crippen molar-refractivity contribution in [3.63, 3.8) is 0 Å². The van der Waals surface area contributed by atoms with E-state index in [9.17, 15) is 4.79 Å². The number of benzene rings is 2. The van der Waals surface area contributed by atoms with Crippen LogP contribution in [-0.4, -0.2) is 34.1 Å². The molecule has 2 aromatic carbocycles. The summed E-state index contributed by atoms with van der Waals surface area (Å²) >= 11 is 5.91. The van der Waals surface area contributed by atoms with Gasteiger partial charge < -0.3 is 14.2 Å². The molecule has 0 unspecified atom stereocenters. The molecule has 1 amide bonds. The van der Waals surface area contributed by atoms with Gasteiger partial charge in [-0.25, -0.2) is 0 Å². The third-order valence-corrected chi connectivity index (χ3v) is 4.83. The van der Waals surface area contributed by atoms with Crippen LogP contribution in [0.2, 0.25) is 5.02 Å². The predicted molar refractivity (Wildman–Crippen MR) is 112 cm³/mol. The highest BCUT2D eigenvalue weighted by molar-refractivity contribution is 6.30. The van der Waals surface area contributed by atoms with Crippen LogP contribution >= 0.6 is 11.6 Å². The van der Waals surface area contributed by atoms with Gasteiger partial charge in [0.25, 0.3) is 5.91 Å². The Balaban J connectivity index is 1.67. The quantitative estimate of drug-likeness (QED) is 0.555.